The van der Waals surface area contributed by atoms with Crippen LogP contribution in [0.25, 0.3) is 28.2 Å². The van der Waals surface area contributed by atoms with Crippen molar-refractivity contribution in [2.75, 3.05) is 20.8 Å². The molecule has 0 aliphatic carbocycles. The van der Waals surface area contributed by atoms with Crippen LogP contribution in [0.4, 0.5) is 0 Å². The van der Waals surface area contributed by atoms with Gasteiger partial charge in [-0.1, -0.05) is 73.2 Å². The van der Waals surface area contributed by atoms with Gasteiger partial charge in [0, 0.05) is 22.0 Å². The van der Waals surface area contributed by atoms with Gasteiger partial charge in [-0.25, -0.2) is 9.79 Å². The lowest BCUT2D eigenvalue weighted by Gasteiger charge is -2.27. The lowest BCUT2D eigenvalue weighted by atomic mass is 9.93. The number of fused-ring (bicyclic) bond motifs is 2. The number of H-pyrrole nitrogens is 1. The van der Waals surface area contributed by atoms with Crippen molar-refractivity contribution in [2.45, 2.75) is 32.7 Å². The van der Waals surface area contributed by atoms with Crippen LogP contribution in [-0.2, 0) is 9.53 Å². The van der Waals surface area contributed by atoms with Crippen LogP contribution in [0.5, 0.6) is 11.5 Å². The van der Waals surface area contributed by atoms with Gasteiger partial charge in [-0.3, -0.25) is 9.36 Å². The van der Waals surface area contributed by atoms with E-state index in [1.165, 1.54) is 11.3 Å². The van der Waals surface area contributed by atoms with Gasteiger partial charge in [0.2, 0.25) is 0 Å². The number of carbonyl (C=O) groups excluding carboxylic acids is 1. The molecule has 6 rings (SSSR count). The number of benzene rings is 3. The van der Waals surface area contributed by atoms with Gasteiger partial charge in [-0.2, -0.15) is 0 Å². The van der Waals surface area contributed by atoms with E-state index in [-0.39, 0.29) is 12.2 Å². The predicted molar refractivity (Wildman–Crippen MR) is 173 cm³/mol. The zero-order valence-electron chi connectivity index (χ0n) is 25.0. The molecular formula is C35H33N3O5S. The van der Waals surface area contributed by atoms with Crippen LogP contribution in [0, 0.1) is 0 Å². The standard InChI is InChI=1S/C35H33N3O5S/c1-5-12-27-30(34(40)43-6-2)32(25-19-22(41-3)17-18-28(25)42-4)38-33(39)29(44-35(38)37-27)20-24-23-15-10-11-16-26(23)36-31(24)21-13-8-7-9-14-21/h7-11,13-20,32,36H,5-6,12H2,1-4H3/b29-20-/t32-/m0/s1. The van der Waals surface area contributed by atoms with Gasteiger partial charge in [0.05, 0.1) is 42.3 Å². The van der Waals surface area contributed by atoms with Crippen LogP contribution in [0.3, 0.4) is 0 Å². The molecule has 0 radical (unpaired) electrons. The monoisotopic (exact) mass is 607 g/mol. The highest BCUT2D eigenvalue weighted by Crippen LogP contribution is 2.39. The summed E-state index contributed by atoms with van der Waals surface area (Å²) in [5.74, 6) is 0.589. The first-order chi connectivity index (χ1) is 21.5. The fourth-order valence-electron chi connectivity index (χ4n) is 5.75. The van der Waals surface area contributed by atoms with E-state index >= 15 is 0 Å². The first kappa shape index (κ1) is 29.2. The van der Waals surface area contributed by atoms with Crippen molar-refractivity contribution in [1.29, 1.82) is 0 Å². The van der Waals surface area contributed by atoms with E-state index in [0.717, 1.165) is 34.1 Å². The SMILES string of the molecule is CCCC1=C(C(=O)OCC)[C@H](c2cc(OC)ccc2OC)n2c(s/c(=C\c3c(-c4ccccc4)[nH]c4ccccc34)c2=O)=N1. The Balaban J connectivity index is 1.66. The third-order valence-corrected chi connectivity index (χ3v) is 8.69. The molecule has 1 aliphatic heterocycles. The lowest BCUT2D eigenvalue weighted by Crippen LogP contribution is -2.40. The van der Waals surface area contributed by atoms with E-state index in [1.54, 1.807) is 37.8 Å². The molecule has 0 amide bonds. The van der Waals surface area contributed by atoms with Gasteiger partial charge >= 0.3 is 5.97 Å². The first-order valence-corrected chi connectivity index (χ1v) is 15.4. The number of para-hydroxylation sites is 1. The topological polar surface area (TPSA) is 94.9 Å². The van der Waals surface area contributed by atoms with Crippen molar-refractivity contribution in [3.05, 3.63) is 115 Å². The predicted octanol–water partition coefficient (Wildman–Crippen LogP) is 5.74. The lowest BCUT2D eigenvalue weighted by molar-refractivity contribution is -0.139. The molecule has 0 fully saturated rings. The number of carbonyl (C=O) groups is 1. The summed E-state index contributed by atoms with van der Waals surface area (Å²) in [6.07, 6.45) is 3.23. The average Bonchev–Trinajstić information content (AvgIpc) is 3.57. The highest BCUT2D eigenvalue weighted by molar-refractivity contribution is 7.07. The number of esters is 1. The van der Waals surface area contributed by atoms with Crippen LogP contribution in [0.15, 0.2) is 93.9 Å². The summed E-state index contributed by atoms with van der Waals surface area (Å²) in [6.45, 7) is 3.99. The molecule has 1 atom stereocenters. The summed E-state index contributed by atoms with van der Waals surface area (Å²) in [4.78, 5) is 37.1. The third kappa shape index (κ3) is 5.13. The number of hydrogen-bond donors (Lipinski definition) is 1. The minimum absolute atomic E-state index is 0.191. The number of methoxy groups -OCH3 is 2. The molecule has 9 heteroatoms. The Morgan fingerprint density at radius 1 is 1.02 bits per heavy atom. The Morgan fingerprint density at radius 2 is 1.80 bits per heavy atom. The minimum atomic E-state index is -0.824. The number of aromatic amines is 1. The number of nitrogens with zero attached hydrogens (tertiary/aromatic N) is 2. The second-order valence-corrected chi connectivity index (χ2v) is 11.4. The van der Waals surface area contributed by atoms with Crippen molar-refractivity contribution >= 4 is 34.3 Å². The molecule has 0 saturated carbocycles. The number of thiazole rings is 1. The molecule has 3 heterocycles. The number of nitrogens with one attached hydrogen (secondary N) is 1. The molecule has 1 N–H and O–H groups in total. The fourth-order valence-corrected chi connectivity index (χ4v) is 6.75. The van der Waals surface area contributed by atoms with E-state index in [9.17, 15) is 9.59 Å². The van der Waals surface area contributed by atoms with Crippen LogP contribution < -0.4 is 24.4 Å². The van der Waals surface area contributed by atoms with E-state index < -0.39 is 12.0 Å². The molecule has 8 nitrogen and oxygen atoms in total. The normalized spacial score (nSPS) is 14.8. The summed E-state index contributed by atoms with van der Waals surface area (Å²) < 4.78 is 18.9. The van der Waals surface area contributed by atoms with E-state index in [0.29, 0.717) is 44.1 Å². The first-order valence-electron chi connectivity index (χ1n) is 14.6. The Bertz CT molecular complexity index is 2070. The maximum Gasteiger partial charge on any atom is 0.338 e. The maximum absolute atomic E-state index is 14.5. The summed E-state index contributed by atoms with van der Waals surface area (Å²) in [5, 5.41) is 1.00. The number of rotatable bonds is 9. The number of allylic oxidation sites excluding steroid dienone is 1. The Kier molecular flexibility index (Phi) is 8.21. The van der Waals surface area contributed by atoms with Crippen LogP contribution in [-0.4, -0.2) is 36.3 Å². The quantitative estimate of drug-likeness (QED) is 0.216. The second kappa shape index (κ2) is 12.4. The fraction of sp³-hybridized carbons (Fsp3) is 0.229. The van der Waals surface area contributed by atoms with Gasteiger partial charge < -0.3 is 19.2 Å². The smallest absolute Gasteiger partial charge is 0.338 e. The summed E-state index contributed by atoms with van der Waals surface area (Å²) >= 11 is 1.31. The Hall–Kier alpha value is -4.89. The van der Waals surface area contributed by atoms with Crippen molar-refractivity contribution in [3.63, 3.8) is 0 Å². The highest BCUT2D eigenvalue weighted by Gasteiger charge is 2.36. The van der Waals surface area contributed by atoms with E-state index in [2.05, 4.69) is 4.98 Å². The van der Waals surface area contributed by atoms with Crippen LogP contribution in [0.1, 0.15) is 43.9 Å². The minimum Gasteiger partial charge on any atom is -0.497 e. The third-order valence-electron chi connectivity index (χ3n) is 7.71. The number of ether oxygens (including phenoxy) is 3. The maximum atomic E-state index is 14.5. The largest absolute Gasteiger partial charge is 0.497 e. The van der Waals surface area contributed by atoms with Crippen molar-refractivity contribution in [2.24, 2.45) is 4.99 Å². The van der Waals surface area contributed by atoms with Gasteiger partial charge in [0.25, 0.3) is 5.56 Å². The molecule has 44 heavy (non-hydrogen) atoms. The molecule has 0 saturated heterocycles. The molecule has 3 aromatic carbocycles. The van der Waals surface area contributed by atoms with Crippen molar-refractivity contribution in [1.82, 2.24) is 9.55 Å². The van der Waals surface area contributed by atoms with Gasteiger partial charge in [0.15, 0.2) is 4.80 Å². The average molecular weight is 608 g/mol. The molecule has 5 aromatic rings. The van der Waals surface area contributed by atoms with Gasteiger partial charge in [-0.05, 0) is 49.2 Å². The van der Waals surface area contributed by atoms with Crippen LogP contribution >= 0.6 is 11.3 Å². The van der Waals surface area contributed by atoms with Gasteiger partial charge in [-0.15, -0.1) is 0 Å². The summed E-state index contributed by atoms with van der Waals surface area (Å²) in [6, 6.07) is 22.6. The molecule has 1 aliphatic rings. The number of hydrogen-bond acceptors (Lipinski definition) is 7. The second-order valence-electron chi connectivity index (χ2n) is 10.3. The zero-order valence-corrected chi connectivity index (χ0v) is 25.9. The molecule has 0 bridgehead atoms. The molecule has 2 aromatic heterocycles. The molecular weight excluding hydrogens is 574 g/mol. The molecule has 0 spiro atoms. The Morgan fingerprint density at radius 3 is 2.52 bits per heavy atom. The van der Waals surface area contributed by atoms with E-state index in [4.69, 9.17) is 19.2 Å². The molecule has 224 valence electrons. The summed E-state index contributed by atoms with van der Waals surface area (Å²) in [7, 11) is 3.14. The van der Waals surface area contributed by atoms with Crippen molar-refractivity contribution < 1.29 is 19.0 Å². The number of aromatic nitrogens is 2. The van der Waals surface area contributed by atoms with Crippen LogP contribution in [0.2, 0.25) is 0 Å². The Labute approximate surface area is 258 Å². The van der Waals surface area contributed by atoms with E-state index in [1.807, 2.05) is 73.7 Å². The summed E-state index contributed by atoms with van der Waals surface area (Å²) in [5.41, 5.74) is 5.10. The van der Waals surface area contributed by atoms with Crippen molar-refractivity contribution in [3.8, 4) is 22.8 Å². The van der Waals surface area contributed by atoms with Gasteiger partial charge in [0.1, 0.15) is 17.5 Å². The molecule has 0 unspecified atom stereocenters. The zero-order chi connectivity index (χ0) is 30.8. The highest BCUT2D eigenvalue weighted by atomic mass is 32.1.